The van der Waals surface area contributed by atoms with Gasteiger partial charge in [0, 0.05) is 32.2 Å². The zero-order valence-corrected chi connectivity index (χ0v) is 21.9. The second kappa shape index (κ2) is 10.7. The predicted molar refractivity (Wildman–Crippen MR) is 147 cm³/mol. The molecule has 2 aliphatic heterocycles. The number of likely N-dealkylation sites (tertiary alicyclic amines) is 1. The Morgan fingerprint density at radius 1 is 1.11 bits per heavy atom. The van der Waals surface area contributed by atoms with E-state index in [9.17, 15) is 14.7 Å². The van der Waals surface area contributed by atoms with Crippen LogP contribution in [0.2, 0.25) is 0 Å². The van der Waals surface area contributed by atoms with E-state index in [1.165, 1.54) is 0 Å². The number of aromatic nitrogens is 1. The van der Waals surface area contributed by atoms with Crippen LogP contribution in [0.3, 0.4) is 0 Å². The molecular weight excluding hydrogens is 482 g/mol. The first-order valence-electron chi connectivity index (χ1n) is 12.9. The molecule has 1 atom stereocenters. The average Bonchev–Trinajstić information content (AvgIpc) is 2.95. The summed E-state index contributed by atoms with van der Waals surface area (Å²) in [5.41, 5.74) is 3.04. The van der Waals surface area contributed by atoms with Gasteiger partial charge in [-0.2, -0.15) is 0 Å². The van der Waals surface area contributed by atoms with Crippen molar-refractivity contribution in [2.75, 3.05) is 42.4 Å². The number of aliphatic hydroxyl groups is 1. The maximum Gasteiger partial charge on any atom is 0.253 e. The van der Waals surface area contributed by atoms with Gasteiger partial charge in [-0.15, -0.1) is 0 Å². The summed E-state index contributed by atoms with van der Waals surface area (Å²) in [6, 6.07) is 18.7. The molecule has 3 aromatic rings. The van der Waals surface area contributed by atoms with Crippen molar-refractivity contribution in [3.8, 4) is 5.75 Å². The fraction of sp³-hybridized carbons (Fsp3) is 0.345. The van der Waals surface area contributed by atoms with Crippen molar-refractivity contribution >= 4 is 34.8 Å². The summed E-state index contributed by atoms with van der Waals surface area (Å²) in [6.07, 6.45) is 0.842. The molecule has 9 nitrogen and oxygen atoms in total. The maximum absolute atomic E-state index is 13.0. The molecule has 5 rings (SSSR count). The molecule has 1 saturated heterocycles. The fourth-order valence-corrected chi connectivity index (χ4v) is 5.01. The summed E-state index contributed by atoms with van der Waals surface area (Å²) >= 11 is 0. The summed E-state index contributed by atoms with van der Waals surface area (Å²) in [4.78, 5) is 36.3. The Hall–Kier alpha value is -4.11. The minimum Gasteiger partial charge on any atom is -0.495 e. The molecule has 9 heteroatoms. The third kappa shape index (κ3) is 5.02. The van der Waals surface area contributed by atoms with Gasteiger partial charge in [0.1, 0.15) is 17.6 Å². The van der Waals surface area contributed by atoms with E-state index in [1.807, 2.05) is 60.4 Å². The SMILES string of the molecule is COc1cc(C(=O)N2CCC(O)CC2)ccc1Nc1ccc2c(n1)N(Cc1ccccc1)[C@H](C)C(=O)N2C. The van der Waals surface area contributed by atoms with Crippen LogP contribution in [0.25, 0.3) is 0 Å². The number of carbonyl (C=O) groups excluding carboxylic acids is 2. The lowest BCUT2D eigenvalue weighted by Crippen LogP contribution is -2.50. The lowest BCUT2D eigenvalue weighted by molar-refractivity contribution is -0.119. The van der Waals surface area contributed by atoms with E-state index < -0.39 is 0 Å². The van der Waals surface area contributed by atoms with Gasteiger partial charge in [0.25, 0.3) is 5.91 Å². The van der Waals surface area contributed by atoms with Crippen molar-refractivity contribution in [1.29, 1.82) is 0 Å². The molecule has 0 bridgehead atoms. The molecule has 2 amide bonds. The zero-order chi connectivity index (χ0) is 26.8. The fourth-order valence-electron chi connectivity index (χ4n) is 5.01. The van der Waals surface area contributed by atoms with Gasteiger partial charge in [-0.05, 0) is 55.7 Å². The molecule has 0 aliphatic carbocycles. The predicted octanol–water partition coefficient (Wildman–Crippen LogP) is 3.80. The first-order chi connectivity index (χ1) is 18.4. The van der Waals surface area contributed by atoms with Crippen LogP contribution in [0.4, 0.5) is 23.0 Å². The smallest absolute Gasteiger partial charge is 0.253 e. The molecule has 1 aromatic heterocycles. The summed E-state index contributed by atoms with van der Waals surface area (Å²) in [7, 11) is 3.34. The van der Waals surface area contributed by atoms with Crippen molar-refractivity contribution in [3.63, 3.8) is 0 Å². The summed E-state index contributed by atoms with van der Waals surface area (Å²) in [6.45, 7) is 3.53. The van der Waals surface area contributed by atoms with Crippen LogP contribution in [0, 0.1) is 0 Å². The average molecular weight is 516 g/mol. The number of carbonyl (C=O) groups is 2. The number of fused-ring (bicyclic) bond motifs is 1. The molecule has 2 aliphatic rings. The molecular formula is C29H33N5O4. The first kappa shape index (κ1) is 25.5. The minimum absolute atomic E-state index is 0.0149. The molecule has 3 heterocycles. The molecule has 0 spiro atoms. The highest BCUT2D eigenvalue weighted by Gasteiger charge is 2.35. The van der Waals surface area contributed by atoms with Crippen LogP contribution < -0.4 is 19.9 Å². The van der Waals surface area contributed by atoms with E-state index >= 15 is 0 Å². The van der Waals surface area contributed by atoms with Gasteiger partial charge in [-0.25, -0.2) is 4.98 Å². The number of ether oxygens (including phenoxy) is 1. The van der Waals surface area contributed by atoms with E-state index in [-0.39, 0.29) is 24.0 Å². The molecule has 2 N–H and O–H groups in total. The number of likely N-dealkylation sites (N-methyl/N-ethyl adjacent to an activating group) is 1. The molecule has 38 heavy (non-hydrogen) atoms. The van der Waals surface area contributed by atoms with Crippen LogP contribution in [-0.4, -0.2) is 66.2 Å². The van der Waals surface area contributed by atoms with Gasteiger partial charge in [0.2, 0.25) is 5.91 Å². The van der Waals surface area contributed by atoms with E-state index in [0.29, 0.717) is 61.1 Å². The van der Waals surface area contributed by atoms with Gasteiger partial charge >= 0.3 is 0 Å². The molecule has 1 fully saturated rings. The highest BCUT2D eigenvalue weighted by atomic mass is 16.5. The third-order valence-corrected chi connectivity index (χ3v) is 7.30. The molecule has 0 saturated carbocycles. The van der Waals surface area contributed by atoms with E-state index in [0.717, 1.165) is 11.3 Å². The van der Waals surface area contributed by atoms with Crippen molar-refractivity contribution < 1.29 is 19.4 Å². The Morgan fingerprint density at radius 3 is 2.55 bits per heavy atom. The number of benzene rings is 2. The van der Waals surface area contributed by atoms with Gasteiger partial charge in [-0.1, -0.05) is 30.3 Å². The van der Waals surface area contributed by atoms with Gasteiger partial charge in [0.05, 0.1) is 24.6 Å². The van der Waals surface area contributed by atoms with Crippen LogP contribution in [0.1, 0.15) is 35.7 Å². The van der Waals surface area contributed by atoms with Crippen LogP contribution >= 0.6 is 0 Å². The number of pyridine rings is 1. The number of anilines is 4. The van der Waals surface area contributed by atoms with Crippen LogP contribution in [0.5, 0.6) is 5.75 Å². The summed E-state index contributed by atoms with van der Waals surface area (Å²) in [5, 5.41) is 13.1. The maximum atomic E-state index is 13.0. The molecule has 0 radical (unpaired) electrons. The number of amides is 2. The van der Waals surface area contributed by atoms with E-state index in [1.54, 1.807) is 36.1 Å². The number of rotatable bonds is 6. The summed E-state index contributed by atoms with van der Waals surface area (Å²) < 4.78 is 5.61. The number of nitrogens with zero attached hydrogens (tertiary/aromatic N) is 4. The second-order valence-electron chi connectivity index (χ2n) is 9.79. The number of piperidine rings is 1. The standard InChI is InChI=1S/C29H33N5O4/c1-19-28(36)32(2)24-11-12-26(31-27(24)34(19)18-20-7-5-4-6-8-20)30-23-10-9-21(17-25(23)38-3)29(37)33-15-13-22(35)14-16-33/h4-12,17,19,22,35H,13-16,18H2,1-3H3,(H,30,31)/t19-/m1/s1. The van der Waals surface area contributed by atoms with Crippen molar-refractivity contribution in [2.24, 2.45) is 0 Å². The lowest BCUT2D eigenvalue weighted by Gasteiger charge is -2.39. The Balaban J connectivity index is 1.41. The summed E-state index contributed by atoms with van der Waals surface area (Å²) in [5.74, 6) is 1.77. The topological polar surface area (TPSA) is 98.2 Å². The Bertz CT molecular complexity index is 1320. The van der Waals surface area contributed by atoms with Crippen LogP contribution in [-0.2, 0) is 11.3 Å². The van der Waals surface area contributed by atoms with Gasteiger partial charge in [-0.3, -0.25) is 9.59 Å². The number of nitrogens with one attached hydrogen (secondary N) is 1. The third-order valence-electron chi connectivity index (χ3n) is 7.30. The highest BCUT2D eigenvalue weighted by Crippen LogP contribution is 2.37. The number of aliphatic hydroxyl groups excluding tert-OH is 1. The molecule has 198 valence electrons. The van der Waals surface area contributed by atoms with Gasteiger partial charge < -0.3 is 29.9 Å². The quantitative estimate of drug-likeness (QED) is 0.515. The van der Waals surface area contributed by atoms with Gasteiger partial charge in [0.15, 0.2) is 5.82 Å². The van der Waals surface area contributed by atoms with Crippen LogP contribution in [0.15, 0.2) is 60.7 Å². The normalized spacial score (nSPS) is 17.8. The van der Waals surface area contributed by atoms with Crippen molar-refractivity contribution in [3.05, 3.63) is 71.8 Å². The molecule has 0 unspecified atom stereocenters. The number of methoxy groups -OCH3 is 1. The lowest BCUT2D eigenvalue weighted by atomic mass is 10.1. The molecule has 2 aromatic carbocycles. The number of hydrogen-bond donors (Lipinski definition) is 2. The monoisotopic (exact) mass is 515 g/mol. The highest BCUT2D eigenvalue weighted by molar-refractivity contribution is 6.04. The largest absolute Gasteiger partial charge is 0.495 e. The number of hydrogen-bond acceptors (Lipinski definition) is 7. The zero-order valence-electron chi connectivity index (χ0n) is 21.9. The Morgan fingerprint density at radius 2 is 1.84 bits per heavy atom. The van der Waals surface area contributed by atoms with Crippen molar-refractivity contribution in [2.45, 2.75) is 38.5 Å². The van der Waals surface area contributed by atoms with E-state index in [2.05, 4.69) is 5.32 Å². The Labute approximate surface area is 222 Å². The second-order valence-corrected chi connectivity index (χ2v) is 9.79. The first-order valence-corrected chi connectivity index (χ1v) is 12.9. The van der Waals surface area contributed by atoms with Crippen molar-refractivity contribution in [1.82, 2.24) is 9.88 Å². The minimum atomic E-state index is -0.369. The Kier molecular flexibility index (Phi) is 7.20. The van der Waals surface area contributed by atoms with E-state index in [4.69, 9.17) is 9.72 Å².